The Labute approximate surface area is 201 Å². The van der Waals surface area contributed by atoms with Crippen LogP contribution in [-0.2, 0) is 27.3 Å². The fourth-order valence-corrected chi connectivity index (χ4v) is 4.39. The predicted molar refractivity (Wildman–Crippen MR) is 127 cm³/mol. The summed E-state index contributed by atoms with van der Waals surface area (Å²) >= 11 is 1.70. The Kier molecular flexibility index (Phi) is 7.44. The highest BCUT2D eigenvalue weighted by Crippen LogP contribution is 2.24. The number of benzene rings is 2. The van der Waals surface area contributed by atoms with Crippen LogP contribution in [0.1, 0.15) is 20.8 Å². The minimum absolute atomic E-state index is 0.197. The third kappa shape index (κ3) is 5.93. The highest BCUT2D eigenvalue weighted by Gasteiger charge is 2.22. The van der Waals surface area contributed by atoms with E-state index in [1.54, 1.807) is 59.7 Å². The molecule has 0 unspecified atom stereocenters. The Morgan fingerprint density at radius 3 is 2.65 bits per heavy atom. The highest BCUT2D eigenvalue weighted by molar-refractivity contribution is 7.10. The first kappa shape index (κ1) is 23.3. The number of anilines is 1. The van der Waals surface area contributed by atoms with E-state index in [2.05, 4.69) is 5.32 Å². The number of amides is 2. The van der Waals surface area contributed by atoms with Crippen LogP contribution in [0.2, 0.25) is 0 Å². The smallest absolute Gasteiger partial charge is 0.338 e. The average Bonchev–Trinajstić information content (AvgIpc) is 3.34. The lowest BCUT2D eigenvalue weighted by Crippen LogP contribution is -2.38. The molecule has 2 aromatic carbocycles. The van der Waals surface area contributed by atoms with Gasteiger partial charge in [-0.05, 0) is 59.8 Å². The molecule has 0 saturated heterocycles. The molecule has 0 spiro atoms. The molecule has 9 heteroatoms. The standard InChI is InChI=1S/C25H24N2O6S/c1-31-21-4-2-3-19(13-21)26-23(28)15-32-20-7-5-17(6-8-20)25(30)33-16-24(29)27-11-9-22-18(14-27)10-12-34-22/h2-8,10,12-13H,9,11,14-16H2,1H3,(H,26,28). The Bertz CT molecular complexity index is 1170. The monoisotopic (exact) mass is 480 g/mol. The van der Waals surface area contributed by atoms with Gasteiger partial charge < -0.3 is 24.4 Å². The molecule has 0 bridgehead atoms. The summed E-state index contributed by atoms with van der Waals surface area (Å²) in [5.41, 5.74) is 2.05. The van der Waals surface area contributed by atoms with Crippen molar-refractivity contribution in [3.8, 4) is 11.5 Å². The maximum atomic E-state index is 12.4. The van der Waals surface area contributed by atoms with Crippen molar-refractivity contribution >= 4 is 34.8 Å². The van der Waals surface area contributed by atoms with Crippen molar-refractivity contribution in [1.82, 2.24) is 4.90 Å². The number of carbonyl (C=O) groups excluding carboxylic acids is 3. The van der Waals surface area contributed by atoms with Gasteiger partial charge in [0.1, 0.15) is 11.5 Å². The molecule has 3 aromatic rings. The predicted octanol–water partition coefficient (Wildman–Crippen LogP) is 3.52. The number of methoxy groups -OCH3 is 1. The van der Waals surface area contributed by atoms with Crippen LogP contribution in [-0.4, -0.2) is 49.6 Å². The zero-order valence-corrected chi connectivity index (χ0v) is 19.4. The second-order valence-corrected chi connectivity index (χ2v) is 8.60. The lowest BCUT2D eigenvalue weighted by Gasteiger charge is -2.26. The van der Waals surface area contributed by atoms with Gasteiger partial charge in [0.2, 0.25) is 0 Å². The molecule has 4 rings (SSSR count). The Balaban J connectivity index is 1.21. The largest absolute Gasteiger partial charge is 0.497 e. The molecule has 0 radical (unpaired) electrons. The summed E-state index contributed by atoms with van der Waals surface area (Å²) in [7, 11) is 1.55. The molecule has 34 heavy (non-hydrogen) atoms. The van der Waals surface area contributed by atoms with E-state index < -0.39 is 5.97 Å². The second kappa shape index (κ2) is 10.8. The van der Waals surface area contributed by atoms with Crippen molar-refractivity contribution in [1.29, 1.82) is 0 Å². The van der Waals surface area contributed by atoms with E-state index >= 15 is 0 Å². The van der Waals surface area contributed by atoms with E-state index in [1.165, 1.54) is 17.0 Å². The number of hydrogen-bond donors (Lipinski definition) is 1. The number of ether oxygens (including phenoxy) is 3. The van der Waals surface area contributed by atoms with Crippen molar-refractivity contribution < 1.29 is 28.6 Å². The van der Waals surface area contributed by atoms with Crippen molar-refractivity contribution in [3.63, 3.8) is 0 Å². The van der Waals surface area contributed by atoms with Gasteiger partial charge in [-0.1, -0.05) is 6.07 Å². The molecule has 8 nitrogen and oxygen atoms in total. The number of carbonyl (C=O) groups is 3. The number of rotatable bonds is 8. The fraction of sp³-hybridized carbons (Fsp3) is 0.240. The van der Waals surface area contributed by atoms with Gasteiger partial charge in [0, 0.05) is 29.7 Å². The first-order valence-corrected chi connectivity index (χ1v) is 11.6. The summed E-state index contributed by atoms with van der Waals surface area (Å²) in [5, 5.41) is 4.75. The Morgan fingerprint density at radius 2 is 1.85 bits per heavy atom. The molecular formula is C25H24N2O6S. The van der Waals surface area contributed by atoms with E-state index in [0.29, 0.717) is 35.8 Å². The fourth-order valence-electron chi connectivity index (χ4n) is 3.50. The van der Waals surface area contributed by atoms with Crippen LogP contribution < -0.4 is 14.8 Å². The molecule has 0 saturated carbocycles. The summed E-state index contributed by atoms with van der Waals surface area (Å²) in [4.78, 5) is 39.9. The Morgan fingerprint density at radius 1 is 1.03 bits per heavy atom. The minimum atomic E-state index is -0.594. The molecule has 1 aromatic heterocycles. The first-order valence-electron chi connectivity index (χ1n) is 10.7. The minimum Gasteiger partial charge on any atom is -0.497 e. The van der Waals surface area contributed by atoms with Crippen molar-refractivity contribution in [2.24, 2.45) is 0 Å². The van der Waals surface area contributed by atoms with Crippen molar-refractivity contribution in [2.75, 3.05) is 32.2 Å². The number of thiophene rings is 1. The summed E-state index contributed by atoms with van der Waals surface area (Å²) < 4.78 is 15.8. The lowest BCUT2D eigenvalue weighted by molar-refractivity contribution is -0.135. The van der Waals surface area contributed by atoms with Crippen LogP contribution in [0.4, 0.5) is 5.69 Å². The normalized spacial score (nSPS) is 12.4. The first-order chi connectivity index (χ1) is 16.5. The quantitative estimate of drug-likeness (QED) is 0.496. The van der Waals surface area contributed by atoms with Gasteiger partial charge in [0.05, 0.1) is 12.7 Å². The van der Waals surface area contributed by atoms with Crippen LogP contribution in [0.5, 0.6) is 11.5 Å². The summed E-state index contributed by atoms with van der Waals surface area (Å²) in [5.74, 6) is -0.0811. The number of hydrogen-bond acceptors (Lipinski definition) is 7. The van der Waals surface area contributed by atoms with Gasteiger partial charge in [-0.2, -0.15) is 0 Å². The lowest BCUT2D eigenvalue weighted by atomic mass is 10.1. The molecule has 0 atom stereocenters. The molecule has 2 amide bonds. The van der Waals surface area contributed by atoms with Gasteiger partial charge in [0.15, 0.2) is 13.2 Å². The molecule has 1 aliphatic heterocycles. The molecule has 1 N–H and O–H groups in total. The molecule has 176 valence electrons. The maximum Gasteiger partial charge on any atom is 0.338 e. The molecule has 0 fully saturated rings. The topological polar surface area (TPSA) is 94.2 Å². The molecule has 0 aliphatic carbocycles. The van der Waals surface area contributed by atoms with Gasteiger partial charge >= 0.3 is 5.97 Å². The molecular weight excluding hydrogens is 456 g/mol. The number of nitrogens with zero attached hydrogens (tertiary/aromatic N) is 1. The summed E-state index contributed by atoms with van der Waals surface area (Å²) in [6.45, 7) is 0.673. The molecule has 2 heterocycles. The summed E-state index contributed by atoms with van der Waals surface area (Å²) in [6.07, 6.45) is 0.825. The molecule has 1 aliphatic rings. The third-order valence-electron chi connectivity index (χ3n) is 5.30. The van der Waals surface area contributed by atoms with E-state index in [4.69, 9.17) is 14.2 Å². The van der Waals surface area contributed by atoms with E-state index in [9.17, 15) is 14.4 Å². The Hall–Kier alpha value is -3.85. The number of esters is 1. The van der Waals surface area contributed by atoms with Crippen molar-refractivity contribution in [3.05, 3.63) is 76.0 Å². The summed E-state index contributed by atoms with van der Waals surface area (Å²) in [6, 6.07) is 15.2. The van der Waals surface area contributed by atoms with E-state index in [1.807, 2.05) is 11.4 Å². The highest BCUT2D eigenvalue weighted by atomic mass is 32.1. The zero-order chi connectivity index (χ0) is 23.9. The van der Waals surface area contributed by atoms with Crippen LogP contribution in [0.3, 0.4) is 0 Å². The van der Waals surface area contributed by atoms with Gasteiger partial charge in [-0.3, -0.25) is 9.59 Å². The van der Waals surface area contributed by atoms with Gasteiger partial charge in [-0.25, -0.2) is 4.79 Å². The second-order valence-electron chi connectivity index (χ2n) is 7.60. The maximum absolute atomic E-state index is 12.4. The third-order valence-corrected chi connectivity index (χ3v) is 6.32. The number of nitrogens with one attached hydrogen (secondary N) is 1. The van der Waals surface area contributed by atoms with Crippen molar-refractivity contribution in [2.45, 2.75) is 13.0 Å². The van der Waals surface area contributed by atoms with Crippen LogP contribution >= 0.6 is 11.3 Å². The average molecular weight is 481 g/mol. The SMILES string of the molecule is COc1cccc(NC(=O)COc2ccc(C(=O)OCC(=O)N3CCc4sccc4C3)cc2)c1. The zero-order valence-electron chi connectivity index (χ0n) is 18.6. The van der Waals surface area contributed by atoms with E-state index in [-0.39, 0.29) is 25.0 Å². The van der Waals surface area contributed by atoms with Gasteiger partial charge in [-0.15, -0.1) is 11.3 Å². The number of fused-ring (bicyclic) bond motifs is 1. The van der Waals surface area contributed by atoms with E-state index in [0.717, 1.165) is 12.0 Å². The van der Waals surface area contributed by atoms with Crippen LogP contribution in [0, 0.1) is 0 Å². The van der Waals surface area contributed by atoms with Crippen LogP contribution in [0.15, 0.2) is 60.0 Å². The van der Waals surface area contributed by atoms with Crippen LogP contribution in [0.25, 0.3) is 0 Å². The van der Waals surface area contributed by atoms with Gasteiger partial charge in [0.25, 0.3) is 11.8 Å².